The Balaban J connectivity index is 3.52. The average molecular weight is 112 g/mol. The molecule has 0 aliphatic rings. The van der Waals surface area contributed by atoms with E-state index in [1.165, 1.54) is 6.92 Å². The molecule has 1 atom stereocenters. The zero-order valence-electron chi connectivity index (χ0n) is 4.97. The fourth-order valence-electron chi connectivity index (χ4n) is 0.185. The highest BCUT2D eigenvalue weighted by Crippen LogP contribution is 1.87. The summed E-state index contributed by atoms with van der Waals surface area (Å²) in [5, 5.41) is 0. The Kier molecular flexibility index (Phi) is 2.71. The van der Waals surface area contributed by atoms with Gasteiger partial charge in [-0.1, -0.05) is 6.42 Å². The van der Waals surface area contributed by atoms with Crippen molar-refractivity contribution < 1.29 is 9.53 Å². The van der Waals surface area contributed by atoms with Crippen molar-refractivity contribution >= 4 is 5.78 Å². The maximum atomic E-state index is 10.3. The van der Waals surface area contributed by atoms with Crippen LogP contribution in [0.5, 0.6) is 0 Å². The van der Waals surface area contributed by atoms with Gasteiger partial charge >= 0.3 is 0 Å². The molecule has 0 amide bonds. The van der Waals surface area contributed by atoms with Gasteiger partial charge in [0.15, 0.2) is 11.9 Å². The average Bonchev–Trinajstić information content (AvgIpc) is 1.67. The summed E-state index contributed by atoms with van der Waals surface area (Å²) in [6, 6.07) is 0. The van der Waals surface area contributed by atoms with Crippen molar-refractivity contribution in [3.05, 3.63) is 0 Å². The second-order valence-electron chi connectivity index (χ2n) is 1.49. The maximum Gasteiger partial charge on any atom is 0.171 e. The topological polar surface area (TPSA) is 26.3 Å². The van der Waals surface area contributed by atoms with Crippen LogP contribution in [0.3, 0.4) is 0 Å². The highest BCUT2D eigenvalue weighted by atomic mass is 16.5. The highest BCUT2D eigenvalue weighted by Gasteiger charge is 2.04. The van der Waals surface area contributed by atoms with Gasteiger partial charge in [0.25, 0.3) is 0 Å². The number of terminal acetylenes is 1. The van der Waals surface area contributed by atoms with Crippen molar-refractivity contribution in [1.29, 1.82) is 0 Å². The molecule has 0 N–H and O–H groups in total. The minimum atomic E-state index is -0.458. The molecule has 0 aliphatic carbocycles. The van der Waals surface area contributed by atoms with Crippen LogP contribution in [0, 0.1) is 12.5 Å². The van der Waals surface area contributed by atoms with Crippen molar-refractivity contribution in [2.45, 2.75) is 20.0 Å². The molecular formula is C6H8O2. The van der Waals surface area contributed by atoms with Gasteiger partial charge in [-0.25, -0.2) is 0 Å². The van der Waals surface area contributed by atoms with Gasteiger partial charge in [0.1, 0.15) is 6.11 Å². The summed E-state index contributed by atoms with van der Waals surface area (Å²) in [6.07, 6.45) is 6.21. The molecule has 8 heavy (non-hydrogen) atoms. The minimum Gasteiger partial charge on any atom is -0.436 e. The molecule has 2 nitrogen and oxygen atoms in total. The fourth-order valence-corrected chi connectivity index (χ4v) is 0.185. The largest absolute Gasteiger partial charge is 0.436 e. The van der Waals surface area contributed by atoms with Gasteiger partial charge in [0.2, 0.25) is 0 Å². The Morgan fingerprint density at radius 2 is 2.38 bits per heavy atom. The molecule has 0 saturated carbocycles. The third kappa shape index (κ3) is 2.25. The van der Waals surface area contributed by atoms with Crippen molar-refractivity contribution in [2.24, 2.45) is 0 Å². The van der Waals surface area contributed by atoms with E-state index in [0.29, 0.717) is 0 Å². The zero-order valence-corrected chi connectivity index (χ0v) is 4.97. The molecule has 0 spiro atoms. The van der Waals surface area contributed by atoms with E-state index in [9.17, 15) is 4.79 Å². The monoisotopic (exact) mass is 112 g/mol. The Hall–Kier alpha value is -0.970. The quantitative estimate of drug-likeness (QED) is 0.488. The Labute approximate surface area is 48.8 Å². The van der Waals surface area contributed by atoms with E-state index in [4.69, 9.17) is 6.42 Å². The molecule has 0 bridgehead atoms. The van der Waals surface area contributed by atoms with Gasteiger partial charge in [-0.3, -0.25) is 4.79 Å². The third-order valence-electron chi connectivity index (χ3n) is 0.817. The molecule has 0 aromatic heterocycles. The fraction of sp³-hybridized carbons (Fsp3) is 0.500. The minimum absolute atomic E-state index is 0.0528. The second kappa shape index (κ2) is 3.09. The van der Waals surface area contributed by atoms with Gasteiger partial charge in [-0.05, 0) is 13.8 Å². The number of rotatable bonds is 2. The molecule has 0 fully saturated rings. The van der Waals surface area contributed by atoms with Gasteiger partial charge in [0.05, 0.1) is 0 Å². The van der Waals surface area contributed by atoms with E-state index in [0.717, 1.165) is 0 Å². The van der Waals surface area contributed by atoms with Crippen LogP contribution < -0.4 is 0 Å². The van der Waals surface area contributed by atoms with Crippen LogP contribution >= 0.6 is 0 Å². The van der Waals surface area contributed by atoms with Gasteiger partial charge < -0.3 is 4.74 Å². The van der Waals surface area contributed by atoms with Crippen LogP contribution in [0.15, 0.2) is 0 Å². The number of Topliss-reactive ketones (excluding diaryl/α,β-unsaturated/α-hetero) is 1. The SMILES string of the molecule is C#COC(C)C(C)=O. The third-order valence-corrected chi connectivity index (χ3v) is 0.817. The second-order valence-corrected chi connectivity index (χ2v) is 1.49. The predicted molar refractivity (Wildman–Crippen MR) is 30.1 cm³/mol. The number of hydrogen-bond donors (Lipinski definition) is 0. The van der Waals surface area contributed by atoms with Crippen LogP contribution in [-0.4, -0.2) is 11.9 Å². The first-order valence-electron chi connectivity index (χ1n) is 2.30. The molecule has 2 heteroatoms. The van der Waals surface area contributed by atoms with E-state index < -0.39 is 6.10 Å². The first-order valence-corrected chi connectivity index (χ1v) is 2.30. The highest BCUT2D eigenvalue weighted by molar-refractivity contribution is 5.80. The molecule has 1 unspecified atom stereocenters. The standard InChI is InChI=1S/C6H8O2/c1-4-8-6(3)5(2)7/h1,6H,2-3H3. The van der Waals surface area contributed by atoms with Gasteiger partial charge in [-0.2, -0.15) is 0 Å². The van der Waals surface area contributed by atoms with Gasteiger partial charge in [-0.15, -0.1) is 0 Å². The molecule has 0 saturated heterocycles. The summed E-state index contributed by atoms with van der Waals surface area (Å²) in [5.74, 6) is -0.0528. The lowest BCUT2D eigenvalue weighted by atomic mass is 10.3. The predicted octanol–water partition coefficient (Wildman–Crippen LogP) is 0.571. The maximum absolute atomic E-state index is 10.3. The summed E-state index contributed by atoms with van der Waals surface area (Å²) in [7, 11) is 0. The normalized spacial score (nSPS) is 11.6. The van der Waals surface area contributed by atoms with Crippen LogP contribution in [0.25, 0.3) is 0 Å². The molecular weight excluding hydrogens is 104 g/mol. The van der Waals surface area contributed by atoms with Crippen molar-refractivity contribution in [1.82, 2.24) is 0 Å². The number of carbonyl (C=O) groups is 1. The first-order chi connectivity index (χ1) is 3.68. The van der Waals surface area contributed by atoms with Crippen LogP contribution in [0.2, 0.25) is 0 Å². The summed E-state index contributed by atoms with van der Waals surface area (Å²) < 4.78 is 4.48. The van der Waals surface area contributed by atoms with Crippen molar-refractivity contribution in [3.8, 4) is 12.5 Å². The molecule has 0 rings (SSSR count). The Bertz CT molecular complexity index is 121. The molecule has 0 aromatic rings. The summed E-state index contributed by atoms with van der Waals surface area (Å²) in [5.41, 5.74) is 0. The Morgan fingerprint density at radius 3 is 2.50 bits per heavy atom. The van der Waals surface area contributed by atoms with Crippen LogP contribution in [0.1, 0.15) is 13.8 Å². The van der Waals surface area contributed by atoms with Crippen LogP contribution in [-0.2, 0) is 9.53 Å². The molecule has 44 valence electrons. The summed E-state index contributed by atoms with van der Waals surface area (Å²) in [6.45, 7) is 3.05. The van der Waals surface area contributed by atoms with Crippen molar-refractivity contribution in [2.75, 3.05) is 0 Å². The van der Waals surface area contributed by atoms with E-state index in [-0.39, 0.29) is 5.78 Å². The Morgan fingerprint density at radius 1 is 1.88 bits per heavy atom. The number of ketones is 1. The zero-order chi connectivity index (χ0) is 6.57. The lowest BCUT2D eigenvalue weighted by Crippen LogP contribution is -2.14. The van der Waals surface area contributed by atoms with E-state index in [1.807, 2.05) is 6.11 Å². The lowest BCUT2D eigenvalue weighted by molar-refractivity contribution is -0.123. The van der Waals surface area contributed by atoms with E-state index in [1.54, 1.807) is 6.92 Å². The van der Waals surface area contributed by atoms with Crippen molar-refractivity contribution in [3.63, 3.8) is 0 Å². The molecule has 0 heterocycles. The molecule has 0 radical (unpaired) electrons. The van der Waals surface area contributed by atoms with E-state index in [2.05, 4.69) is 4.74 Å². The van der Waals surface area contributed by atoms with E-state index >= 15 is 0 Å². The molecule has 0 aliphatic heterocycles. The lowest BCUT2D eigenvalue weighted by Gasteiger charge is -2.01. The number of hydrogen-bond acceptors (Lipinski definition) is 2. The summed E-state index contributed by atoms with van der Waals surface area (Å²) in [4.78, 5) is 10.3. The smallest absolute Gasteiger partial charge is 0.171 e. The first kappa shape index (κ1) is 7.03. The number of carbonyl (C=O) groups excluding carboxylic acids is 1. The summed E-state index contributed by atoms with van der Waals surface area (Å²) >= 11 is 0. The number of ether oxygens (including phenoxy) is 1. The molecule has 0 aromatic carbocycles. The van der Waals surface area contributed by atoms with Gasteiger partial charge in [0, 0.05) is 0 Å². The van der Waals surface area contributed by atoms with Crippen LogP contribution in [0.4, 0.5) is 0 Å².